The average molecular weight is 415 g/mol. The van der Waals surface area contributed by atoms with Crippen LogP contribution in [0.5, 0.6) is 5.75 Å². The molecular formula is C20H19ClN4O4. The number of benzene rings is 2. The lowest BCUT2D eigenvalue weighted by molar-refractivity contribution is -0.123. The molecule has 0 aliphatic heterocycles. The Morgan fingerprint density at radius 3 is 2.52 bits per heavy atom. The zero-order chi connectivity index (χ0) is 20.6. The van der Waals surface area contributed by atoms with Gasteiger partial charge in [0.2, 0.25) is 17.6 Å². The van der Waals surface area contributed by atoms with Gasteiger partial charge in [-0.05, 0) is 42.0 Å². The minimum Gasteiger partial charge on any atom is -0.484 e. The lowest BCUT2D eigenvalue weighted by Crippen LogP contribution is -2.30. The van der Waals surface area contributed by atoms with Gasteiger partial charge in [0, 0.05) is 23.6 Å². The number of primary amides is 1. The number of carbonyl (C=O) groups is 2. The lowest BCUT2D eigenvalue weighted by atomic mass is 10.1. The van der Waals surface area contributed by atoms with E-state index in [-0.39, 0.29) is 18.9 Å². The van der Waals surface area contributed by atoms with Crippen molar-refractivity contribution in [2.45, 2.75) is 12.8 Å². The fourth-order valence-electron chi connectivity index (χ4n) is 2.49. The minimum absolute atomic E-state index is 0.130. The monoisotopic (exact) mass is 414 g/mol. The van der Waals surface area contributed by atoms with E-state index in [1.54, 1.807) is 48.5 Å². The number of carbonyl (C=O) groups excluding carboxylic acids is 2. The summed E-state index contributed by atoms with van der Waals surface area (Å²) in [5.41, 5.74) is 6.72. The van der Waals surface area contributed by atoms with E-state index in [9.17, 15) is 9.59 Å². The van der Waals surface area contributed by atoms with E-state index in [1.807, 2.05) is 0 Å². The van der Waals surface area contributed by atoms with E-state index in [4.69, 9.17) is 26.6 Å². The van der Waals surface area contributed by atoms with E-state index in [0.29, 0.717) is 35.5 Å². The molecule has 0 aliphatic rings. The van der Waals surface area contributed by atoms with Crippen molar-refractivity contribution in [3.8, 4) is 17.1 Å². The fraction of sp³-hybridized carbons (Fsp3) is 0.200. The number of rotatable bonds is 9. The highest BCUT2D eigenvalue weighted by Crippen LogP contribution is 2.18. The van der Waals surface area contributed by atoms with Gasteiger partial charge in [0.15, 0.2) is 6.61 Å². The minimum atomic E-state index is -0.403. The molecule has 0 saturated carbocycles. The maximum absolute atomic E-state index is 11.9. The van der Waals surface area contributed by atoms with Gasteiger partial charge in [-0.3, -0.25) is 9.59 Å². The first-order valence-electron chi connectivity index (χ1n) is 8.85. The van der Waals surface area contributed by atoms with E-state index in [2.05, 4.69) is 15.5 Å². The highest BCUT2D eigenvalue weighted by molar-refractivity contribution is 6.30. The maximum Gasteiger partial charge on any atom is 0.257 e. The predicted molar refractivity (Wildman–Crippen MR) is 106 cm³/mol. The van der Waals surface area contributed by atoms with Crippen LogP contribution in [-0.2, 0) is 22.4 Å². The normalized spacial score (nSPS) is 10.5. The molecule has 0 saturated heterocycles. The summed E-state index contributed by atoms with van der Waals surface area (Å²) in [6.45, 7) is 0.205. The van der Waals surface area contributed by atoms with Gasteiger partial charge in [-0.25, -0.2) is 0 Å². The number of aromatic nitrogens is 2. The van der Waals surface area contributed by atoms with Crippen molar-refractivity contribution in [2.75, 3.05) is 13.2 Å². The zero-order valence-electron chi connectivity index (χ0n) is 15.4. The Kier molecular flexibility index (Phi) is 6.80. The van der Waals surface area contributed by atoms with Crippen molar-refractivity contribution >= 4 is 23.4 Å². The highest BCUT2D eigenvalue weighted by Gasteiger charge is 2.09. The van der Waals surface area contributed by atoms with Gasteiger partial charge in [-0.1, -0.05) is 28.9 Å². The molecule has 3 aromatic rings. The summed E-state index contributed by atoms with van der Waals surface area (Å²) < 4.78 is 10.6. The van der Waals surface area contributed by atoms with Gasteiger partial charge < -0.3 is 20.3 Å². The second kappa shape index (κ2) is 9.70. The van der Waals surface area contributed by atoms with E-state index in [1.165, 1.54) is 0 Å². The van der Waals surface area contributed by atoms with Gasteiger partial charge in [0.1, 0.15) is 5.75 Å². The Morgan fingerprint density at radius 1 is 1.10 bits per heavy atom. The smallest absolute Gasteiger partial charge is 0.257 e. The summed E-state index contributed by atoms with van der Waals surface area (Å²) in [6, 6.07) is 13.9. The Labute approximate surface area is 172 Å². The second-order valence-electron chi connectivity index (χ2n) is 6.19. The molecule has 1 heterocycles. The highest BCUT2D eigenvalue weighted by atomic mass is 35.5. The van der Waals surface area contributed by atoms with Crippen molar-refractivity contribution in [2.24, 2.45) is 5.73 Å². The van der Waals surface area contributed by atoms with Gasteiger partial charge in [0.25, 0.3) is 5.91 Å². The SMILES string of the molecule is NC(=O)Cc1ccc(OCC(=O)NCCc2nc(-c3ccc(Cl)cc3)no2)cc1. The Morgan fingerprint density at radius 2 is 1.83 bits per heavy atom. The number of amides is 2. The number of hydrogen-bond acceptors (Lipinski definition) is 6. The molecule has 2 aromatic carbocycles. The molecule has 1 aromatic heterocycles. The number of halogens is 1. The van der Waals surface area contributed by atoms with Crippen LogP contribution in [0.3, 0.4) is 0 Å². The fourth-order valence-corrected chi connectivity index (χ4v) is 2.61. The van der Waals surface area contributed by atoms with Crippen molar-refractivity contribution in [3.63, 3.8) is 0 Å². The molecule has 8 nitrogen and oxygen atoms in total. The van der Waals surface area contributed by atoms with Gasteiger partial charge >= 0.3 is 0 Å². The van der Waals surface area contributed by atoms with Gasteiger partial charge in [-0.15, -0.1) is 0 Å². The third-order valence-corrected chi connectivity index (χ3v) is 4.16. The van der Waals surface area contributed by atoms with Crippen LogP contribution < -0.4 is 15.8 Å². The largest absolute Gasteiger partial charge is 0.484 e. The molecule has 0 aliphatic carbocycles. The average Bonchev–Trinajstić information content (AvgIpc) is 3.16. The first-order valence-corrected chi connectivity index (χ1v) is 9.22. The molecule has 0 fully saturated rings. The molecule has 0 atom stereocenters. The third kappa shape index (κ3) is 6.32. The van der Waals surface area contributed by atoms with Crippen LogP contribution >= 0.6 is 11.6 Å². The Balaban J connectivity index is 1.40. The lowest BCUT2D eigenvalue weighted by Gasteiger charge is -2.07. The molecule has 0 spiro atoms. The van der Waals surface area contributed by atoms with Crippen LogP contribution in [0, 0.1) is 0 Å². The summed E-state index contributed by atoms with van der Waals surface area (Å²) in [5.74, 6) is 0.730. The molecule has 2 amide bonds. The first kappa shape index (κ1) is 20.3. The first-order chi connectivity index (χ1) is 14.0. The van der Waals surface area contributed by atoms with E-state index < -0.39 is 5.91 Å². The van der Waals surface area contributed by atoms with Gasteiger partial charge in [-0.2, -0.15) is 4.98 Å². The molecule has 0 bridgehead atoms. The molecule has 3 rings (SSSR count). The van der Waals surface area contributed by atoms with E-state index >= 15 is 0 Å². The van der Waals surface area contributed by atoms with Crippen molar-refractivity contribution in [1.29, 1.82) is 0 Å². The van der Waals surface area contributed by atoms with Crippen LogP contribution in [0.1, 0.15) is 11.5 Å². The molecule has 9 heteroatoms. The Bertz CT molecular complexity index is 971. The third-order valence-electron chi connectivity index (χ3n) is 3.90. The van der Waals surface area contributed by atoms with Crippen molar-refractivity contribution in [3.05, 3.63) is 65.0 Å². The standard InChI is InChI=1S/C20H19ClN4O4/c21-15-5-3-14(4-6-15)20-24-19(29-25-20)9-10-23-18(27)12-28-16-7-1-13(2-8-16)11-17(22)26/h1-8H,9-12H2,(H2,22,26)(H,23,27). The van der Waals surface area contributed by atoms with Crippen LogP contribution in [0.15, 0.2) is 53.1 Å². The maximum atomic E-state index is 11.9. The topological polar surface area (TPSA) is 120 Å². The summed E-state index contributed by atoms with van der Waals surface area (Å²) >= 11 is 5.86. The number of nitrogens with one attached hydrogen (secondary N) is 1. The van der Waals surface area contributed by atoms with Crippen molar-refractivity contribution < 1.29 is 18.8 Å². The summed E-state index contributed by atoms with van der Waals surface area (Å²) in [4.78, 5) is 27.1. The van der Waals surface area contributed by atoms with E-state index in [0.717, 1.165) is 11.1 Å². The number of nitrogens with two attached hydrogens (primary N) is 1. The number of hydrogen-bond donors (Lipinski definition) is 2. The number of nitrogens with zero attached hydrogens (tertiary/aromatic N) is 2. The zero-order valence-corrected chi connectivity index (χ0v) is 16.2. The molecule has 3 N–H and O–H groups in total. The molecular weight excluding hydrogens is 396 g/mol. The Hall–Kier alpha value is -3.39. The molecule has 29 heavy (non-hydrogen) atoms. The summed E-state index contributed by atoms with van der Waals surface area (Å²) in [5, 5.41) is 7.27. The van der Waals surface area contributed by atoms with Crippen LogP contribution in [0.2, 0.25) is 5.02 Å². The number of ether oxygens (including phenoxy) is 1. The van der Waals surface area contributed by atoms with Crippen LogP contribution in [0.25, 0.3) is 11.4 Å². The van der Waals surface area contributed by atoms with Crippen molar-refractivity contribution in [1.82, 2.24) is 15.5 Å². The van der Waals surface area contributed by atoms with Crippen LogP contribution in [0.4, 0.5) is 0 Å². The predicted octanol–water partition coefficient (Wildman–Crippen LogP) is 2.16. The second-order valence-corrected chi connectivity index (χ2v) is 6.63. The quantitative estimate of drug-likeness (QED) is 0.553. The molecule has 150 valence electrons. The molecule has 0 unspecified atom stereocenters. The van der Waals surface area contributed by atoms with Crippen LogP contribution in [-0.4, -0.2) is 35.1 Å². The van der Waals surface area contributed by atoms with Gasteiger partial charge in [0.05, 0.1) is 6.42 Å². The summed E-state index contributed by atoms with van der Waals surface area (Å²) in [7, 11) is 0. The molecule has 0 radical (unpaired) electrons. The summed E-state index contributed by atoms with van der Waals surface area (Å²) in [6.07, 6.45) is 0.560.